The molecule has 0 bridgehead atoms. The lowest BCUT2D eigenvalue weighted by molar-refractivity contribution is -0.122. The number of nitrogens with one attached hydrogen (secondary N) is 2. The van der Waals surface area contributed by atoms with Gasteiger partial charge in [0, 0.05) is 56.7 Å². The molecule has 1 aromatic carbocycles. The molecule has 2 heterocycles. The number of rotatable bonds is 6. The molecule has 0 saturated carbocycles. The summed E-state index contributed by atoms with van der Waals surface area (Å²) < 4.78 is 5.81. The van der Waals surface area contributed by atoms with Gasteiger partial charge >= 0.3 is 0 Å². The zero-order valence-corrected chi connectivity index (χ0v) is 14.9. The summed E-state index contributed by atoms with van der Waals surface area (Å²) in [6.07, 6.45) is 0.646. The van der Waals surface area contributed by atoms with E-state index in [0.717, 1.165) is 44.3 Å². The summed E-state index contributed by atoms with van der Waals surface area (Å²) in [5, 5.41) is 6.45. The number of ether oxygens (including phenoxy) is 1. The molecule has 3 rings (SSSR count). The van der Waals surface area contributed by atoms with Gasteiger partial charge in [-0.2, -0.15) is 11.8 Å². The topological polar surface area (TPSA) is 53.6 Å². The van der Waals surface area contributed by atoms with Crippen LogP contribution in [0.3, 0.4) is 0 Å². The van der Waals surface area contributed by atoms with Gasteiger partial charge in [-0.3, -0.25) is 9.69 Å². The fraction of sp³-hybridized carbons (Fsp3) is 0.611. The smallest absolute Gasteiger partial charge is 0.221 e. The van der Waals surface area contributed by atoms with E-state index in [-0.39, 0.29) is 12.0 Å². The second-order valence-electron chi connectivity index (χ2n) is 6.45. The molecule has 132 valence electrons. The van der Waals surface area contributed by atoms with Crippen molar-refractivity contribution in [1.29, 1.82) is 0 Å². The summed E-state index contributed by atoms with van der Waals surface area (Å²) in [6, 6.07) is 10.8. The molecule has 2 fully saturated rings. The number of hydrogen-bond donors (Lipinski definition) is 2. The fourth-order valence-electron chi connectivity index (χ4n) is 3.16. The number of carbonyl (C=O) groups excluding carboxylic acids is 1. The van der Waals surface area contributed by atoms with Crippen LogP contribution < -0.4 is 10.6 Å². The molecule has 1 aromatic rings. The first-order valence-corrected chi connectivity index (χ1v) is 9.91. The van der Waals surface area contributed by atoms with Crippen LogP contribution in [0.5, 0.6) is 0 Å². The molecule has 0 aromatic heterocycles. The standard InChI is InChI=1S/C18H27N3O2S/c22-18(10-16-14-24-9-6-19-16)20-11-17-13-21(7-8-23-17)12-15-4-2-1-3-5-15/h1-5,16-17,19H,6-14H2,(H,20,22). The minimum absolute atomic E-state index is 0.0834. The van der Waals surface area contributed by atoms with Gasteiger partial charge in [0.15, 0.2) is 0 Å². The van der Waals surface area contributed by atoms with E-state index in [0.29, 0.717) is 19.0 Å². The maximum absolute atomic E-state index is 12.1. The molecular weight excluding hydrogens is 322 g/mol. The van der Waals surface area contributed by atoms with Crippen molar-refractivity contribution in [1.82, 2.24) is 15.5 Å². The van der Waals surface area contributed by atoms with E-state index in [1.54, 1.807) is 0 Å². The van der Waals surface area contributed by atoms with Crippen LogP contribution in [0.2, 0.25) is 0 Å². The number of thioether (sulfide) groups is 1. The minimum Gasteiger partial charge on any atom is -0.374 e. The minimum atomic E-state index is 0.0834. The van der Waals surface area contributed by atoms with Crippen molar-refractivity contribution in [2.75, 3.05) is 44.3 Å². The summed E-state index contributed by atoms with van der Waals surface area (Å²) in [4.78, 5) is 14.5. The molecule has 2 aliphatic rings. The number of morpholine rings is 1. The molecule has 1 amide bonds. The predicted octanol–water partition coefficient (Wildman–Crippen LogP) is 1.10. The molecule has 2 N–H and O–H groups in total. The molecule has 2 unspecified atom stereocenters. The Morgan fingerprint density at radius 2 is 2.25 bits per heavy atom. The predicted molar refractivity (Wildman–Crippen MR) is 98.2 cm³/mol. The molecule has 24 heavy (non-hydrogen) atoms. The maximum atomic E-state index is 12.1. The average Bonchev–Trinajstić information content (AvgIpc) is 2.62. The molecule has 5 nitrogen and oxygen atoms in total. The second kappa shape index (κ2) is 9.42. The highest BCUT2D eigenvalue weighted by atomic mass is 32.2. The van der Waals surface area contributed by atoms with Crippen molar-refractivity contribution in [2.24, 2.45) is 0 Å². The summed E-state index contributed by atoms with van der Waals surface area (Å²) in [5.41, 5.74) is 1.32. The Bertz CT molecular complexity index is 508. The van der Waals surface area contributed by atoms with Gasteiger partial charge in [-0.1, -0.05) is 30.3 Å². The third kappa shape index (κ3) is 5.77. The van der Waals surface area contributed by atoms with Crippen LogP contribution in [0.4, 0.5) is 0 Å². The summed E-state index contributed by atoms with van der Waals surface area (Å²) in [5.74, 6) is 2.29. The van der Waals surface area contributed by atoms with Crippen LogP contribution in [0.25, 0.3) is 0 Å². The molecular formula is C18H27N3O2S. The van der Waals surface area contributed by atoms with E-state index in [4.69, 9.17) is 4.74 Å². The highest BCUT2D eigenvalue weighted by Crippen LogP contribution is 2.11. The van der Waals surface area contributed by atoms with Crippen LogP contribution in [0.15, 0.2) is 30.3 Å². The van der Waals surface area contributed by atoms with E-state index in [1.165, 1.54) is 5.56 Å². The quantitative estimate of drug-likeness (QED) is 0.805. The number of hydrogen-bond acceptors (Lipinski definition) is 5. The lowest BCUT2D eigenvalue weighted by Gasteiger charge is -2.33. The van der Waals surface area contributed by atoms with E-state index in [9.17, 15) is 4.79 Å². The highest BCUT2D eigenvalue weighted by molar-refractivity contribution is 7.99. The molecule has 2 saturated heterocycles. The van der Waals surface area contributed by atoms with Crippen LogP contribution >= 0.6 is 11.8 Å². The maximum Gasteiger partial charge on any atom is 0.221 e. The van der Waals surface area contributed by atoms with E-state index < -0.39 is 0 Å². The van der Waals surface area contributed by atoms with Crippen LogP contribution in [-0.2, 0) is 16.1 Å². The van der Waals surface area contributed by atoms with Crippen LogP contribution in [0.1, 0.15) is 12.0 Å². The van der Waals surface area contributed by atoms with Gasteiger partial charge < -0.3 is 15.4 Å². The average molecular weight is 350 g/mol. The van der Waals surface area contributed by atoms with Crippen molar-refractivity contribution >= 4 is 17.7 Å². The normalized spacial score (nSPS) is 25.3. The summed E-state index contributed by atoms with van der Waals surface area (Å²) in [7, 11) is 0. The highest BCUT2D eigenvalue weighted by Gasteiger charge is 2.22. The fourth-order valence-corrected chi connectivity index (χ4v) is 4.11. The van der Waals surface area contributed by atoms with Gasteiger partial charge in [-0.15, -0.1) is 0 Å². The van der Waals surface area contributed by atoms with Gasteiger partial charge in [0.25, 0.3) is 0 Å². The molecule has 0 spiro atoms. The van der Waals surface area contributed by atoms with Crippen molar-refractivity contribution in [3.05, 3.63) is 35.9 Å². The summed E-state index contributed by atoms with van der Waals surface area (Å²) >= 11 is 1.92. The van der Waals surface area contributed by atoms with Crippen molar-refractivity contribution in [2.45, 2.75) is 25.1 Å². The SMILES string of the molecule is O=C(CC1CSCCN1)NCC1CN(Cc2ccccc2)CCO1. The molecule has 2 atom stereocenters. The Labute approximate surface area is 148 Å². The Morgan fingerprint density at radius 1 is 1.38 bits per heavy atom. The Kier molecular flexibility index (Phi) is 6.96. The van der Waals surface area contributed by atoms with Gasteiger partial charge in [0.2, 0.25) is 5.91 Å². The third-order valence-corrected chi connectivity index (χ3v) is 5.56. The van der Waals surface area contributed by atoms with E-state index in [2.05, 4.69) is 39.8 Å². The molecule has 0 aliphatic carbocycles. The largest absolute Gasteiger partial charge is 0.374 e. The van der Waals surface area contributed by atoms with Gasteiger partial charge in [0.1, 0.15) is 0 Å². The van der Waals surface area contributed by atoms with E-state index >= 15 is 0 Å². The van der Waals surface area contributed by atoms with E-state index in [1.807, 2.05) is 17.8 Å². The first-order chi connectivity index (χ1) is 11.8. The number of carbonyl (C=O) groups is 1. The van der Waals surface area contributed by atoms with Crippen molar-refractivity contribution in [3.8, 4) is 0 Å². The second-order valence-corrected chi connectivity index (χ2v) is 7.60. The molecule has 2 aliphatic heterocycles. The number of amides is 1. The van der Waals surface area contributed by atoms with Gasteiger partial charge in [0.05, 0.1) is 12.7 Å². The monoisotopic (exact) mass is 349 g/mol. The first kappa shape index (κ1) is 17.7. The first-order valence-electron chi connectivity index (χ1n) is 8.75. The number of nitrogens with zero attached hydrogens (tertiary/aromatic N) is 1. The van der Waals surface area contributed by atoms with Crippen LogP contribution in [-0.4, -0.2) is 67.2 Å². The van der Waals surface area contributed by atoms with Crippen molar-refractivity contribution in [3.63, 3.8) is 0 Å². The van der Waals surface area contributed by atoms with Crippen molar-refractivity contribution < 1.29 is 9.53 Å². The van der Waals surface area contributed by atoms with Gasteiger partial charge in [-0.05, 0) is 5.56 Å². The summed E-state index contributed by atoms with van der Waals surface area (Å²) in [6.45, 7) is 5.09. The zero-order chi connectivity index (χ0) is 16.6. The number of benzene rings is 1. The lowest BCUT2D eigenvalue weighted by atomic mass is 10.2. The Morgan fingerprint density at radius 3 is 3.04 bits per heavy atom. The Balaban J connectivity index is 1.38. The third-order valence-electron chi connectivity index (χ3n) is 4.43. The Hall–Kier alpha value is -1.08. The lowest BCUT2D eigenvalue weighted by Crippen LogP contribution is -2.48. The van der Waals surface area contributed by atoms with Crippen LogP contribution in [0, 0.1) is 0 Å². The molecule has 0 radical (unpaired) electrons. The molecule has 6 heteroatoms. The zero-order valence-electron chi connectivity index (χ0n) is 14.1. The van der Waals surface area contributed by atoms with Gasteiger partial charge in [-0.25, -0.2) is 0 Å².